The zero-order valence-corrected chi connectivity index (χ0v) is 14.4. The molecule has 24 heavy (non-hydrogen) atoms. The highest BCUT2D eigenvalue weighted by molar-refractivity contribution is 7.89. The standard InChI is InChI=1S/C17H23NO5S/c19-13-14-23-17(20)10-7-15-5-8-16(9-6-15)24(21,22)18-11-3-1-2-4-12-18/h5-10,19H,1-4,11-14H2/b10-7+. The summed E-state index contributed by atoms with van der Waals surface area (Å²) in [5.74, 6) is -0.551. The van der Waals surface area contributed by atoms with Gasteiger partial charge < -0.3 is 9.84 Å². The SMILES string of the molecule is O=C(/C=C/c1ccc(S(=O)(=O)N2CCCCCC2)cc1)OCCO. The fraction of sp³-hybridized carbons (Fsp3) is 0.471. The number of sulfonamides is 1. The number of esters is 1. The molecule has 1 aromatic rings. The van der Waals surface area contributed by atoms with Crippen molar-refractivity contribution < 1.29 is 23.1 Å². The molecule has 0 bridgehead atoms. The molecular formula is C17H23NO5S. The summed E-state index contributed by atoms with van der Waals surface area (Å²) in [5.41, 5.74) is 0.700. The molecule has 0 unspecified atom stereocenters. The molecule has 132 valence electrons. The van der Waals surface area contributed by atoms with Crippen LogP contribution in [0.2, 0.25) is 0 Å². The smallest absolute Gasteiger partial charge is 0.330 e. The number of hydrogen-bond acceptors (Lipinski definition) is 5. The molecule has 0 spiro atoms. The lowest BCUT2D eigenvalue weighted by Crippen LogP contribution is -2.31. The monoisotopic (exact) mass is 353 g/mol. The Bertz CT molecular complexity index is 659. The fourth-order valence-electron chi connectivity index (χ4n) is 2.54. The number of rotatable bonds is 6. The Morgan fingerprint density at radius 3 is 2.33 bits per heavy atom. The van der Waals surface area contributed by atoms with Gasteiger partial charge in [0.2, 0.25) is 10.0 Å². The highest BCUT2D eigenvalue weighted by Gasteiger charge is 2.24. The van der Waals surface area contributed by atoms with Gasteiger partial charge in [-0.15, -0.1) is 0 Å². The second kappa shape index (κ2) is 8.96. The summed E-state index contributed by atoms with van der Waals surface area (Å²) in [7, 11) is -3.46. The van der Waals surface area contributed by atoms with E-state index in [1.54, 1.807) is 34.6 Å². The molecule has 0 saturated carbocycles. The number of benzene rings is 1. The Hall–Kier alpha value is -1.70. The van der Waals surface area contributed by atoms with Crippen LogP contribution in [0, 0.1) is 0 Å². The van der Waals surface area contributed by atoms with Gasteiger partial charge >= 0.3 is 5.97 Å². The van der Waals surface area contributed by atoms with E-state index in [9.17, 15) is 13.2 Å². The van der Waals surface area contributed by atoms with E-state index in [1.165, 1.54) is 6.08 Å². The van der Waals surface area contributed by atoms with E-state index < -0.39 is 16.0 Å². The fourth-order valence-corrected chi connectivity index (χ4v) is 4.06. The summed E-state index contributed by atoms with van der Waals surface area (Å²) in [6, 6.07) is 6.42. The van der Waals surface area contributed by atoms with E-state index in [1.807, 2.05) is 0 Å². The van der Waals surface area contributed by atoms with Gasteiger partial charge in [-0.3, -0.25) is 0 Å². The van der Waals surface area contributed by atoms with Crippen LogP contribution in [0.1, 0.15) is 31.2 Å². The molecule has 0 aliphatic carbocycles. The lowest BCUT2D eigenvalue weighted by Gasteiger charge is -2.19. The molecule has 0 atom stereocenters. The summed E-state index contributed by atoms with van der Waals surface area (Å²) >= 11 is 0. The van der Waals surface area contributed by atoms with Crippen molar-refractivity contribution >= 4 is 22.1 Å². The van der Waals surface area contributed by atoms with Crippen LogP contribution in [-0.2, 0) is 19.6 Å². The molecule has 1 heterocycles. The van der Waals surface area contributed by atoms with Gasteiger partial charge in [0.25, 0.3) is 0 Å². The maximum Gasteiger partial charge on any atom is 0.330 e. The Balaban J connectivity index is 2.05. The Labute approximate surface area is 142 Å². The minimum atomic E-state index is -3.46. The van der Waals surface area contributed by atoms with Gasteiger partial charge in [0.15, 0.2) is 0 Å². The second-order valence-corrected chi connectivity index (χ2v) is 7.55. The number of aliphatic hydroxyl groups excluding tert-OH is 1. The Kier molecular flexibility index (Phi) is 6.96. The first-order valence-corrected chi connectivity index (χ1v) is 9.54. The highest BCUT2D eigenvalue weighted by atomic mass is 32.2. The largest absolute Gasteiger partial charge is 0.460 e. The van der Waals surface area contributed by atoms with Crippen LogP contribution < -0.4 is 0 Å². The lowest BCUT2D eigenvalue weighted by atomic mass is 10.2. The Morgan fingerprint density at radius 1 is 1.12 bits per heavy atom. The predicted octanol–water partition coefficient (Wildman–Crippen LogP) is 1.80. The normalized spacial score (nSPS) is 16.9. The third kappa shape index (κ3) is 5.15. The third-order valence-electron chi connectivity index (χ3n) is 3.83. The molecule has 1 aromatic carbocycles. The first-order valence-electron chi connectivity index (χ1n) is 8.10. The molecule has 0 amide bonds. The molecule has 1 aliphatic rings. The number of nitrogens with zero attached hydrogens (tertiary/aromatic N) is 1. The Morgan fingerprint density at radius 2 is 1.75 bits per heavy atom. The average molecular weight is 353 g/mol. The summed E-state index contributed by atoms with van der Waals surface area (Å²) in [5, 5.41) is 8.57. The summed E-state index contributed by atoms with van der Waals surface area (Å²) in [4.78, 5) is 11.6. The summed E-state index contributed by atoms with van der Waals surface area (Å²) in [6.45, 7) is 0.875. The van der Waals surface area contributed by atoms with E-state index in [4.69, 9.17) is 9.84 Å². The molecule has 7 heteroatoms. The number of carbonyl (C=O) groups excluding carboxylic acids is 1. The zero-order valence-electron chi connectivity index (χ0n) is 13.6. The van der Waals surface area contributed by atoms with Crippen molar-refractivity contribution in [3.63, 3.8) is 0 Å². The zero-order chi connectivity index (χ0) is 17.4. The van der Waals surface area contributed by atoms with Crippen molar-refractivity contribution in [1.82, 2.24) is 4.31 Å². The first-order chi connectivity index (χ1) is 11.5. The van der Waals surface area contributed by atoms with Crippen molar-refractivity contribution in [3.8, 4) is 0 Å². The molecule has 6 nitrogen and oxygen atoms in total. The number of carbonyl (C=O) groups is 1. The average Bonchev–Trinajstić information content (AvgIpc) is 2.88. The number of aliphatic hydroxyl groups is 1. The van der Waals surface area contributed by atoms with Crippen LogP contribution in [0.5, 0.6) is 0 Å². The van der Waals surface area contributed by atoms with Crippen LogP contribution in [-0.4, -0.2) is 50.1 Å². The molecule has 0 radical (unpaired) electrons. The molecule has 1 fully saturated rings. The molecule has 0 aromatic heterocycles. The van der Waals surface area contributed by atoms with Crippen LogP contribution in [0.3, 0.4) is 0 Å². The van der Waals surface area contributed by atoms with Crippen LogP contribution >= 0.6 is 0 Å². The van der Waals surface area contributed by atoms with Crippen molar-refractivity contribution in [1.29, 1.82) is 0 Å². The van der Waals surface area contributed by atoms with Gasteiger partial charge in [0.05, 0.1) is 11.5 Å². The van der Waals surface area contributed by atoms with Crippen molar-refractivity contribution in [2.75, 3.05) is 26.3 Å². The minimum Gasteiger partial charge on any atom is -0.460 e. The minimum absolute atomic E-state index is 0.0454. The molecule has 1 saturated heterocycles. The maximum atomic E-state index is 12.6. The van der Waals surface area contributed by atoms with E-state index in [0.717, 1.165) is 25.7 Å². The molecule has 2 rings (SSSR count). The third-order valence-corrected chi connectivity index (χ3v) is 5.74. The van der Waals surface area contributed by atoms with Crippen molar-refractivity contribution in [2.24, 2.45) is 0 Å². The molecular weight excluding hydrogens is 330 g/mol. The molecule has 1 N–H and O–H groups in total. The maximum absolute atomic E-state index is 12.6. The number of hydrogen-bond donors (Lipinski definition) is 1. The van der Waals surface area contributed by atoms with Gasteiger partial charge in [0.1, 0.15) is 6.61 Å². The van der Waals surface area contributed by atoms with Gasteiger partial charge in [-0.2, -0.15) is 4.31 Å². The van der Waals surface area contributed by atoms with Crippen molar-refractivity contribution in [3.05, 3.63) is 35.9 Å². The van der Waals surface area contributed by atoms with Crippen molar-refractivity contribution in [2.45, 2.75) is 30.6 Å². The van der Waals surface area contributed by atoms with E-state index in [-0.39, 0.29) is 18.1 Å². The van der Waals surface area contributed by atoms with E-state index >= 15 is 0 Å². The van der Waals surface area contributed by atoms with Gasteiger partial charge in [-0.1, -0.05) is 25.0 Å². The second-order valence-electron chi connectivity index (χ2n) is 5.61. The topological polar surface area (TPSA) is 83.9 Å². The van der Waals surface area contributed by atoms with Gasteiger partial charge in [-0.25, -0.2) is 13.2 Å². The van der Waals surface area contributed by atoms with E-state index in [2.05, 4.69) is 0 Å². The summed E-state index contributed by atoms with van der Waals surface area (Å²) < 4.78 is 31.5. The van der Waals surface area contributed by atoms with Crippen LogP contribution in [0.15, 0.2) is 35.2 Å². The van der Waals surface area contributed by atoms with Gasteiger partial charge in [0, 0.05) is 19.2 Å². The lowest BCUT2D eigenvalue weighted by molar-refractivity contribution is -0.138. The number of ether oxygens (including phenoxy) is 1. The first kappa shape index (κ1) is 18.6. The van der Waals surface area contributed by atoms with Gasteiger partial charge in [-0.05, 0) is 36.6 Å². The molecule has 1 aliphatic heterocycles. The predicted molar refractivity (Wildman–Crippen MR) is 90.7 cm³/mol. The quantitative estimate of drug-likeness (QED) is 0.623. The van der Waals surface area contributed by atoms with Crippen LogP contribution in [0.4, 0.5) is 0 Å². The summed E-state index contributed by atoms with van der Waals surface area (Å²) in [6.07, 6.45) is 6.73. The van der Waals surface area contributed by atoms with E-state index in [0.29, 0.717) is 18.7 Å². The highest BCUT2D eigenvalue weighted by Crippen LogP contribution is 2.20. The van der Waals surface area contributed by atoms with Crippen LogP contribution in [0.25, 0.3) is 6.08 Å².